The van der Waals surface area contributed by atoms with Crippen LogP contribution in [-0.2, 0) is 0 Å². The number of hydrogen-bond donors (Lipinski definition) is 0. The van der Waals surface area contributed by atoms with Gasteiger partial charge in [-0.2, -0.15) is 10.8 Å². The SMILES string of the molecule is [Mg+2].[c-]1ccsc1.[c-]1ccsc1. The minimum absolute atomic E-state index is 0. The number of rotatable bonds is 0. The molecule has 2 heterocycles. The molecule has 2 aromatic heterocycles. The fraction of sp³-hybridized carbons (Fsp3) is 0. The third-order valence-corrected chi connectivity index (χ3v) is 1.89. The Morgan fingerprint density at radius 2 is 1.27 bits per heavy atom. The predicted molar refractivity (Wildman–Crippen MR) is 52.1 cm³/mol. The molecule has 0 spiro atoms. The summed E-state index contributed by atoms with van der Waals surface area (Å²) in [4.78, 5) is 0. The minimum Gasteiger partial charge on any atom is -0.273 e. The van der Waals surface area contributed by atoms with Crippen LogP contribution in [0.3, 0.4) is 0 Å². The van der Waals surface area contributed by atoms with Crippen molar-refractivity contribution >= 4 is 45.7 Å². The summed E-state index contributed by atoms with van der Waals surface area (Å²) in [5, 5.41) is 7.81. The van der Waals surface area contributed by atoms with Crippen molar-refractivity contribution in [1.29, 1.82) is 0 Å². The van der Waals surface area contributed by atoms with Crippen LogP contribution >= 0.6 is 22.7 Å². The van der Waals surface area contributed by atoms with E-state index >= 15 is 0 Å². The van der Waals surface area contributed by atoms with Crippen LogP contribution < -0.4 is 0 Å². The Hall–Kier alpha value is 0.166. The first-order valence-corrected chi connectivity index (χ1v) is 4.65. The van der Waals surface area contributed by atoms with Gasteiger partial charge in [0.2, 0.25) is 0 Å². The Labute approximate surface area is 91.0 Å². The van der Waals surface area contributed by atoms with Gasteiger partial charge in [-0.1, -0.05) is 0 Å². The van der Waals surface area contributed by atoms with Crippen molar-refractivity contribution in [1.82, 2.24) is 0 Å². The van der Waals surface area contributed by atoms with Gasteiger partial charge in [0.05, 0.1) is 0 Å². The number of thiophene rings is 2. The first kappa shape index (κ1) is 11.2. The number of hydrogen-bond acceptors (Lipinski definition) is 2. The third-order valence-electron chi connectivity index (χ3n) is 0.758. The Morgan fingerprint density at radius 1 is 0.818 bits per heavy atom. The molecule has 2 rings (SSSR count). The molecule has 52 valence electrons. The van der Waals surface area contributed by atoms with Crippen LogP contribution in [0.25, 0.3) is 0 Å². The molecule has 0 saturated heterocycles. The molecule has 0 unspecified atom stereocenters. The summed E-state index contributed by atoms with van der Waals surface area (Å²) >= 11 is 3.31. The summed E-state index contributed by atoms with van der Waals surface area (Å²) in [6, 6.07) is 9.55. The summed E-state index contributed by atoms with van der Waals surface area (Å²) in [5.74, 6) is 0. The molecule has 0 saturated carbocycles. The molecule has 0 nitrogen and oxygen atoms in total. The summed E-state index contributed by atoms with van der Waals surface area (Å²) in [6.07, 6.45) is 0. The average molecular weight is 191 g/mol. The molecule has 0 fully saturated rings. The molecule has 3 heteroatoms. The van der Waals surface area contributed by atoms with Gasteiger partial charge in [-0.05, 0) is 0 Å². The van der Waals surface area contributed by atoms with Gasteiger partial charge in [-0.15, -0.1) is 10.8 Å². The molecule has 0 atom stereocenters. The van der Waals surface area contributed by atoms with Gasteiger partial charge in [0, 0.05) is 0 Å². The fourth-order valence-electron chi connectivity index (χ4n) is 0.393. The van der Waals surface area contributed by atoms with Crippen molar-refractivity contribution < 1.29 is 0 Å². The Morgan fingerprint density at radius 3 is 1.36 bits per heavy atom. The normalized spacial score (nSPS) is 7.27. The third kappa shape index (κ3) is 6.56. The summed E-state index contributed by atoms with van der Waals surface area (Å²) in [6.45, 7) is 0. The standard InChI is InChI=1S/2C4H3S.Mg/c2*1-2-4-5-3-1;/h2*1,3-4H;/q2*-1;+2. The maximum Gasteiger partial charge on any atom is 2.00 e. The van der Waals surface area contributed by atoms with Crippen LogP contribution in [0.4, 0.5) is 0 Å². The van der Waals surface area contributed by atoms with E-state index in [1.165, 1.54) is 0 Å². The van der Waals surface area contributed by atoms with Crippen LogP contribution in [0, 0.1) is 12.1 Å². The quantitative estimate of drug-likeness (QED) is 0.443. The second kappa shape index (κ2) is 8.26. The molecule has 2 aromatic rings. The van der Waals surface area contributed by atoms with E-state index in [0.717, 1.165) is 0 Å². The molecule has 0 N–H and O–H groups in total. The van der Waals surface area contributed by atoms with E-state index in [2.05, 4.69) is 12.1 Å². The van der Waals surface area contributed by atoms with Crippen molar-refractivity contribution in [2.45, 2.75) is 0 Å². The summed E-state index contributed by atoms with van der Waals surface area (Å²) in [5.41, 5.74) is 0. The Bertz CT molecular complexity index is 151. The zero-order chi connectivity index (χ0) is 7.07. The smallest absolute Gasteiger partial charge is 0.273 e. The molecular formula is C8H6MgS2. The van der Waals surface area contributed by atoms with Gasteiger partial charge >= 0.3 is 23.1 Å². The van der Waals surface area contributed by atoms with Crippen LogP contribution in [0.1, 0.15) is 0 Å². The second-order valence-corrected chi connectivity index (χ2v) is 3.01. The summed E-state index contributed by atoms with van der Waals surface area (Å²) in [7, 11) is 0. The predicted octanol–water partition coefficient (Wildman–Crippen LogP) is 2.72. The van der Waals surface area contributed by atoms with Crippen LogP contribution in [0.2, 0.25) is 0 Å². The largest absolute Gasteiger partial charge is 2.00 e. The van der Waals surface area contributed by atoms with E-state index in [0.29, 0.717) is 0 Å². The van der Waals surface area contributed by atoms with Crippen molar-refractivity contribution in [3.8, 4) is 0 Å². The van der Waals surface area contributed by atoms with Gasteiger partial charge in [-0.3, -0.25) is 22.7 Å². The van der Waals surface area contributed by atoms with Crippen LogP contribution in [0.5, 0.6) is 0 Å². The van der Waals surface area contributed by atoms with E-state index in [1.54, 1.807) is 22.7 Å². The van der Waals surface area contributed by atoms with Crippen LogP contribution in [0.15, 0.2) is 33.7 Å². The second-order valence-electron chi connectivity index (χ2n) is 1.45. The molecule has 0 amide bonds. The molecule has 0 aromatic carbocycles. The topological polar surface area (TPSA) is 0 Å². The fourth-order valence-corrected chi connectivity index (χ4v) is 1.18. The van der Waals surface area contributed by atoms with Gasteiger partial charge in [0.1, 0.15) is 0 Å². The molecule has 0 aliphatic carbocycles. The Kier molecular flexibility index (Phi) is 8.39. The first-order chi connectivity index (χ1) is 5.00. The van der Waals surface area contributed by atoms with Crippen LogP contribution in [-0.4, -0.2) is 23.1 Å². The molecule has 0 radical (unpaired) electrons. The maximum absolute atomic E-state index is 2.88. The minimum atomic E-state index is 0. The van der Waals surface area contributed by atoms with Gasteiger partial charge in [0.25, 0.3) is 0 Å². The van der Waals surface area contributed by atoms with Gasteiger partial charge in [-0.25, -0.2) is 24.3 Å². The van der Waals surface area contributed by atoms with Crippen molar-refractivity contribution in [2.75, 3.05) is 0 Å². The molecule has 11 heavy (non-hydrogen) atoms. The molecule has 0 aliphatic heterocycles. The zero-order valence-corrected chi connectivity index (χ0v) is 9.03. The maximum atomic E-state index is 2.88. The molecule has 0 aliphatic rings. The van der Waals surface area contributed by atoms with E-state index in [1.807, 2.05) is 33.7 Å². The van der Waals surface area contributed by atoms with E-state index < -0.39 is 0 Å². The van der Waals surface area contributed by atoms with E-state index in [-0.39, 0.29) is 23.1 Å². The van der Waals surface area contributed by atoms with E-state index in [4.69, 9.17) is 0 Å². The first-order valence-electron chi connectivity index (χ1n) is 2.76. The molecular weight excluding hydrogens is 185 g/mol. The Balaban J connectivity index is 0.000000167. The van der Waals surface area contributed by atoms with Crippen molar-refractivity contribution in [2.24, 2.45) is 0 Å². The summed E-state index contributed by atoms with van der Waals surface area (Å²) < 4.78 is 0. The average Bonchev–Trinajstić information content (AvgIpc) is 2.67. The van der Waals surface area contributed by atoms with Crippen molar-refractivity contribution in [3.63, 3.8) is 0 Å². The van der Waals surface area contributed by atoms with Crippen molar-refractivity contribution in [3.05, 3.63) is 45.8 Å². The monoisotopic (exact) mass is 190 g/mol. The zero-order valence-electron chi connectivity index (χ0n) is 5.99. The molecule has 0 bridgehead atoms. The van der Waals surface area contributed by atoms with E-state index in [9.17, 15) is 0 Å². The van der Waals surface area contributed by atoms with Gasteiger partial charge < -0.3 is 0 Å². The van der Waals surface area contributed by atoms with Gasteiger partial charge in [0.15, 0.2) is 0 Å².